The predicted molar refractivity (Wildman–Crippen MR) is 69.7 cm³/mol. The van der Waals surface area contributed by atoms with Crippen LogP contribution in [0.3, 0.4) is 0 Å². The van der Waals surface area contributed by atoms with E-state index in [9.17, 15) is 4.79 Å². The SMILES string of the molecule is Cc1cc(C)c(C(=O)N2CCN(CCO)CC2)[nH]1. The fourth-order valence-electron chi connectivity index (χ4n) is 2.43. The number of hydrogen-bond acceptors (Lipinski definition) is 3. The lowest BCUT2D eigenvalue weighted by molar-refractivity contribution is 0.0609. The van der Waals surface area contributed by atoms with Gasteiger partial charge >= 0.3 is 0 Å². The molecule has 1 amide bonds. The standard InChI is InChI=1S/C13H21N3O2/c1-10-9-11(2)14-12(10)13(18)16-5-3-15(4-6-16)7-8-17/h9,14,17H,3-8H2,1-2H3. The maximum atomic E-state index is 12.3. The molecule has 100 valence electrons. The van der Waals surface area contributed by atoms with Gasteiger partial charge in [-0.25, -0.2) is 0 Å². The molecule has 18 heavy (non-hydrogen) atoms. The number of nitrogens with zero attached hydrogens (tertiary/aromatic N) is 2. The topological polar surface area (TPSA) is 59.6 Å². The molecule has 0 atom stereocenters. The first-order valence-electron chi connectivity index (χ1n) is 6.40. The van der Waals surface area contributed by atoms with Crippen molar-refractivity contribution in [2.24, 2.45) is 0 Å². The normalized spacial score (nSPS) is 17.2. The molecule has 1 aromatic rings. The lowest BCUT2D eigenvalue weighted by Gasteiger charge is -2.34. The molecule has 0 bridgehead atoms. The largest absolute Gasteiger partial charge is 0.395 e. The number of piperazine rings is 1. The molecule has 0 saturated carbocycles. The molecule has 2 rings (SSSR count). The lowest BCUT2D eigenvalue weighted by Crippen LogP contribution is -2.49. The van der Waals surface area contributed by atoms with Gasteiger partial charge in [-0.15, -0.1) is 0 Å². The van der Waals surface area contributed by atoms with E-state index >= 15 is 0 Å². The maximum absolute atomic E-state index is 12.3. The van der Waals surface area contributed by atoms with Crippen molar-refractivity contribution in [3.8, 4) is 0 Å². The minimum atomic E-state index is 0.0873. The number of amides is 1. The number of hydrogen-bond donors (Lipinski definition) is 2. The molecule has 2 N–H and O–H groups in total. The van der Waals surface area contributed by atoms with E-state index in [0.717, 1.165) is 37.4 Å². The second-order valence-electron chi connectivity index (χ2n) is 4.87. The number of aliphatic hydroxyl groups is 1. The van der Waals surface area contributed by atoms with E-state index in [1.165, 1.54) is 0 Å². The van der Waals surface area contributed by atoms with Gasteiger partial charge in [0.2, 0.25) is 0 Å². The van der Waals surface area contributed by atoms with Gasteiger partial charge in [-0.3, -0.25) is 9.69 Å². The number of carbonyl (C=O) groups is 1. The van der Waals surface area contributed by atoms with E-state index in [-0.39, 0.29) is 12.5 Å². The summed E-state index contributed by atoms with van der Waals surface area (Å²) in [6.45, 7) is 7.94. The van der Waals surface area contributed by atoms with Crippen molar-refractivity contribution in [3.63, 3.8) is 0 Å². The summed E-state index contributed by atoms with van der Waals surface area (Å²) in [6.07, 6.45) is 0. The predicted octanol–water partition coefficient (Wildman–Crippen LogP) is 0.382. The van der Waals surface area contributed by atoms with Gasteiger partial charge in [0.05, 0.1) is 6.61 Å². The smallest absolute Gasteiger partial charge is 0.270 e. The first-order chi connectivity index (χ1) is 8.61. The third kappa shape index (κ3) is 2.73. The number of β-amino-alcohol motifs (C(OH)–C–C–N with tert-alkyl or cyclic N) is 1. The molecule has 5 heteroatoms. The summed E-state index contributed by atoms with van der Waals surface area (Å²) < 4.78 is 0. The van der Waals surface area contributed by atoms with Gasteiger partial charge in [-0.1, -0.05) is 0 Å². The van der Waals surface area contributed by atoms with Crippen LogP contribution in [-0.4, -0.2) is 65.1 Å². The summed E-state index contributed by atoms with van der Waals surface area (Å²) in [5.41, 5.74) is 2.74. The lowest BCUT2D eigenvalue weighted by atomic mass is 10.2. The summed E-state index contributed by atoms with van der Waals surface area (Å²) in [5.74, 6) is 0.0873. The van der Waals surface area contributed by atoms with Crippen LogP contribution >= 0.6 is 0 Å². The van der Waals surface area contributed by atoms with E-state index in [4.69, 9.17) is 5.11 Å². The summed E-state index contributed by atoms with van der Waals surface area (Å²) in [4.78, 5) is 19.5. The number of rotatable bonds is 3. The third-order valence-electron chi connectivity index (χ3n) is 3.44. The van der Waals surface area contributed by atoms with Gasteiger partial charge < -0.3 is 15.0 Å². The van der Waals surface area contributed by atoms with Crippen LogP contribution in [0.25, 0.3) is 0 Å². The van der Waals surface area contributed by atoms with Gasteiger partial charge in [0, 0.05) is 38.4 Å². The van der Waals surface area contributed by atoms with Crippen LogP contribution in [0, 0.1) is 13.8 Å². The second-order valence-corrected chi connectivity index (χ2v) is 4.87. The fourth-order valence-corrected chi connectivity index (χ4v) is 2.43. The molecule has 0 unspecified atom stereocenters. The minimum absolute atomic E-state index is 0.0873. The summed E-state index contributed by atoms with van der Waals surface area (Å²) in [7, 11) is 0. The number of nitrogens with one attached hydrogen (secondary N) is 1. The van der Waals surface area contributed by atoms with Crippen LogP contribution in [0.4, 0.5) is 0 Å². The minimum Gasteiger partial charge on any atom is -0.395 e. The Labute approximate surface area is 107 Å². The molecule has 0 aliphatic carbocycles. The van der Waals surface area contributed by atoms with E-state index in [0.29, 0.717) is 12.2 Å². The molecule has 1 aromatic heterocycles. The Morgan fingerprint density at radius 2 is 2.00 bits per heavy atom. The van der Waals surface area contributed by atoms with Gasteiger partial charge in [-0.05, 0) is 25.5 Å². The van der Waals surface area contributed by atoms with Crippen molar-refractivity contribution in [1.29, 1.82) is 0 Å². The van der Waals surface area contributed by atoms with Crippen LogP contribution in [0.5, 0.6) is 0 Å². The Hall–Kier alpha value is -1.33. The number of carbonyl (C=O) groups excluding carboxylic acids is 1. The Kier molecular flexibility index (Phi) is 4.04. The van der Waals surface area contributed by atoms with Gasteiger partial charge in [-0.2, -0.15) is 0 Å². The Morgan fingerprint density at radius 1 is 1.33 bits per heavy atom. The molecule has 2 heterocycles. The molecule has 5 nitrogen and oxygen atoms in total. The number of H-pyrrole nitrogens is 1. The Morgan fingerprint density at radius 3 is 2.50 bits per heavy atom. The van der Waals surface area contributed by atoms with Crippen LogP contribution in [0.2, 0.25) is 0 Å². The monoisotopic (exact) mass is 251 g/mol. The Bertz CT molecular complexity index is 420. The van der Waals surface area contributed by atoms with Gasteiger partial charge in [0.25, 0.3) is 5.91 Å². The molecule has 0 radical (unpaired) electrons. The fraction of sp³-hybridized carbons (Fsp3) is 0.615. The van der Waals surface area contributed by atoms with Gasteiger partial charge in [0.15, 0.2) is 0 Å². The van der Waals surface area contributed by atoms with E-state index < -0.39 is 0 Å². The first-order valence-corrected chi connectivity index (χ1v) is 6.40. The molecule has 1 fully saturated rings. The number of aliphatic hydroxyl groups excluding tert-OH is 1. The van der Waals surface area contributed by atoms with E-state index in [1.54, 1.807) is 0 Å². The average Bonchev–Trinajstić information content (AvgIpc) is 2.69. The zero-order chi connectivity index (χ0) is 13.1. The number of aromatic nitrogens is 1. The summed E-state index contributed by atoms with van der Waals surface area (Å²) in [5, 5.41) is 8.88. The maximum Gasteiger partial charge on any atom is 0.270 e. The van der Waals surface area contributed by atoms with Crippen molar-refractivity contribution in [3.05, 3.63) is 23.0 Å². The molecule has 0 spiro atoms. The molecular weight excluding hydrogens is 230 g/mol. The molecule has 0 aromatic carbocycles. The first kappa shape index (κ1) is 13.1. The highest BCUT2D eigenvalue weighted by atomic mass is 16.3. The van der Waals surface area contributed by atoms with Crippen LogP contribution in [-0.2, 0) is 0 Å². The molecular formula is C13H21N3O2. The molecule has 1 aliphatic rings. The third-order valence-corrected chi connectivity index (χ3v) is 3.44. The van der Waals surface area contributed by atoms with Crippen LogP contribution < -0.4 is 0 Å². The van der Waals surface area contributed by atoms with E-state index in [1.807, 2.05) is 24.8 Å². The quantitative estimate of drug-likeness (QED) is 0.816. The van der Waals surface area contributed by atoms with E-state index in [2.05, 4.69) is 9.88 Å². The highest BCUT2D eigenvalue weighted by Gasteiger charge is 2.23. The molecule has 1 aliphatic heterocycles. The van der Waals surface area contributed by atoms with Crippen molar-refractivity contribution < 1.29 is 9.90 Å². The summed E-state index contributed by atoms with van der Waals surface area (Å²) in [6, 6.07) is 2.00. The zero-order valence-corrected chi connectivity index (χ0v) is 11.1. The highest BCUT2D eigenvalue weighted by Crippen LogP contribution is 2.13. The second kappa shape index (κ2) is 5.54. The number of aryl methyl sites for hydroxylation is 2. The number of aromatic amines is 1. The average molecular weight is 251 g/mol. The van der Waals surface area contributed by atoms with Crippen molar-refractivity contribution in [2.75, 3.05) is 39.3 Å². The van der Waals surface area contributed by atoms with Gasteiger partial charge in [0.1, 0.15) is 5.69 Å². The zero-order valence-electron chi connectivity index (χ0n) is 11.1. The highest BCUT2D eigenvalue weighted by molar-refractivity contribution is 5.94. The van der Waals surface area contributed by atoms with Crippen molar-refractivity contribution >= 4 is 5.91 Å². The Balaban J connectivity index is 1.97. The van der Waals surface area contributed by atoms with Crippen molar-refractivity contribution in [1.82, 2.24) is 14.8 Å². The van der Waals surface area contributed by atoms with Crippen LogP contribution in [0.1, 0.15) is 21.7 Å². The summed E-state index contributed by atoms with van der Waals surface area (Å²) >= 11 is 0. The van der Waals surface area contributed by atoms with Crippen LogP contribution in [0.15, 0.2) is 6.07 Å². The van der Waals surface area contributed by atoms with Crippen molar-refractivity contribution in [2.45, 2.75) is 13.8 Å². The molecule has 1 saturated heterocycles.